The van der Waals surface area contributed by atoms with Gasteiger partial charge in [0, 0.05) is 18.9 Å². The van der Waals surface area contributed by atoms with Crippen molar-refractivity contribution >= 4 is 34.8 Å². The molecular formula is C13H13N5S2. The van der Waals surface area contributed by atoms with Gasteiger partial charge in [0.15, 0.2) is 10.3 Å². The molecule has 0 aliphatic carbocycles. The Bertz CT molecular complexity index is 571. The summed E-state index contributed by atoms with van der Waals surface area (Å²) >= 11 is 6.52. The molecule has 0 amide bonds. The average Bonchev–Trinajstić information content (AvgIpc) is 2.48. The molecule has 0 radical (unpaired) electrons. The number of hydrogen-bond acceptors (Lipinski definition) is 5. The molecule has 102 valence electrons. The van der Waals surface area contributed by atoms with Crippen molar-refractivity contribution in [2.24, 2.45) is 0 Å². The molecule has 2 aromatic rings. The molecule has 0 aliphatic heterocycles. The van der Waals surface area contributed by atoms with Crippen molar-refractivity contribution in [1.29, 1.82) is 0 Å². The van der Waals surface area contributed by atoms with Crippen LogP contribution in [0.25, 0.3) is 0 Å². The molecule has 0 bridgehead atoms. The van der Waals surface area contributed by atoms with Crippen LogP contribution in [0.1, 0.15) is 0 Å². The second-order valence-corrected chi connectivity index (χ2v) is 5.04. The van der Waals surface area contributed by atoms with Gasteiger partial charge in [-0.1, -0.05) is 6.08 Å². The number of aromatic nitrogens is 3. The number of nitrogens with zero attached hydrogens (tertiary/aromatic N) is 3. The Labute approximate surface area is 126 Å². The van der Waals surface area contributed by atoms with E-state index in [0.717, 1.165) is 10.7 Å². The minimum absolute atomic E-state index is 0.540. The van der Waals surface area contributed by atoms with E-state index in [-0.39, 0.29) is 0 Å². The lowest BCUT2D eigenvalue weighted by atomic mass is 10.4. The maximum atomic E-state index is 5.12. The zero-order chi connectivity index (χ0) is 14.2. The van der Waals surface area contributed by atoms with Crippen LogP contribution < -0.4 is 10.6 Å². The van der Waals surface area contributed by atoms with Crippen molar-refractivity contribution in [3.05, 3.63) is 49.4 Å². The molecule has 0 aromatic carbocycles. The Morgan fingerprint density at radius 2 is 2.10 bits per heavy atom. The summed E-state index contributed by atoms with van der Waals surface area (Å²) in [5, 5.41) is 8.06. The normalized spacial score (nSPS) is 9.80. The Balaban J connectivity index is 1.93. The van der Waals surface area contributed by atoms with Gasteiger partial charge in [-0.25, -0.2) is 15.0 Å². The molecular weight excluding hydrogens is 290 g/mol. The Kier molecular flexibility index (Phi) is 5.45. The molecule has 0 saturated carbocycles. The molecule has 0 spiro atoms. The lowest BCUT2D eigenvalue weighted by molar-refractivity contribution is 0.960. The van der Waals surface area contributed by atoms with E-state index in [1.165, 1.54) is 11.8 Å². The van der Waals surface area contributed by atoms with E-state index in [0.29, 0.717) is 16.8 Å². The van der Waals surface area contributed by atoms with Crippen LogP contribution in [0.4, 0.5) is 5.69 Å². The summed E-state index contributed by atoms with van der Waals surface area (Å²) in [7, 11) is 0. The van der Waals surface area contributed by atoms with Crippen LogP contribution in [-0.4, -0.2) is 26.6 Å². The molecule has 20 heavy (non-hydrogen) atoms. The summed E-state index contributed by atoms with van der Waals surface area (Å²) in [5.41, 5.74) is 0.824. The number of nitrogens with one attached hydrogen (secondary N) is 2. The fourth-order valence-corrected chi connectivity index (χ4v) is 2.14. The predicted molar refractivity (Wildman–Crippen MR) is 84.8 cm³/mol. The number of anilines is 1. The smallest absolute Gasteiger partial charge is 0.193 e. The van der Waals surface area contributed by atoms with Crippen molar-refractivity contribution in [2.75, 3.05) is 11.9 Å². The summed E-state index contributed by atoms with van der Waals surface area (Å²) in [6.45, 7) is 4.24. The summed E-state index contributed by atoms with van der Waals surface area (Å²) in [4.78, 5) is 12.6. The van der Waals surface area contributed by atoms with Gasteiger partial charge >= 0.3 is 0 Å². The van der Waals surface area contributed by atoms with Gasteiger partial charge in [0.05, 0.1) is 11.9 Å². The van der Waals surface area contributed by atoms with Crippen molar-refractivity contribution in [3.8, 4) is 0 Å². The lowest BCUT2D eigenvalue weighted by Gasteiger charge is -2.08. The van der Waals surface area contributed by atoms with Crippen molar-refractivity contribution in [1.82, 2.24) is 20.3 Å². The highest BCUT2D eigenvalue weighted by Crippen LogP contribution is 2.22. The van der Waals surface area contributed by atoms with Crippen molar-refractivity contribution in [3.63, 3.8) is 0 Å². The number of rotatable bonds is 5. The monoisotopic (exact) mass is 303 g/mol. The largest absolute Gasteiger partial charge is 0.359 e. The molecule has 7 heteroatoms. The van der Waals surface area contributed by atoms with Crippen LogP contribution in [0.2, 0.25) is 0 Å². The molecule has 2 heterocycles. The van der Waals surface area contributed by atoms with Gasteiger partial charge in [0.25, 0.3) is 0 Å². The second-order valence-electron chi connectivity index (χ2n) is 3.64. The van der Waals surface area contributed by atoms with E-state index >= 15 is 0 Å². The molecule has 5 nitrogen and oxygen atoms in total. The first-order valence-electron chi connectivity index (χ1n) is 5.84. The predicted octanol–water partition coefficient (Wildman–Crippen LogP) is 2.50. The van der Waals surface area contributed by atoms with Gasteiger partial charge in [-0.05, 0) is 42.2 Å². The molecule has 2 N–H and O–H groups in total. The molecule has 0 atom stereocenters. The van der Waals surface area contributed by atoms with Crippen LogP contribution in [0.3, 0.4) is 0 Å². The quantitative estimate of drug-likeness (QED) is 0.500. The number of pyridine rings is 1. The van der Waals surface area contributed by atoms with Crippen molar-refractivity contribution in [2.45, 2.75) is 10.2 Å². The van der Waals surface area contributed by atoms with Gasteiger partial charge in [0.2, 0.25) is 0 Å². The van der Waals surface area contributed by atoms with Gasteiger partial charge in [-0.15, -0.1) is 6.58 Å². The average molecular weight is 303 g/mol. The Morgan fingerprint density at radius 1 is 1.30 bits per heavy atom. The van der Waals surface area contributed by atoms with Crippen LogP contribution in [0, 0.1) is 0 Å². The Hall–Kier alpha value is -1.99. The SMILES string of the molecule is C=CCNC(=S)Nc1ccc(Sc2ncccn2)nc1. The topological polar surface area (TPSA) is 62.7 Å². The van der Waals surface area contributed by atoms with Crippen LogP contribution in [0.15, 0.2) is 59.6 Å². The summed E-state index contributed by atoms with van der Waals surface area (Å²) in [6, 6.07) is 5.57. The van der Waals surface area contributed by atoms with Gasteiger partial charge in [-0.3, -0.25) is 0 Å². The van der Waals surface area contributed by atoms with E-state index in [9.17, 15) is 0 Å². The zero-order valence-corrected chi connectivity index (χ0v) is 12.2. The maximum absolute atomic E-state index is 5.12. The molecule has 2 aromatic heterocycles. The fraction of sp³-hybridized carbons (Fsp3) is 0.0769. The van der Waals surface area contributed by atoms with Crippen LogP contribution in [-0.2, 0) is 0 Å². The Morgan fingerprint density at radius 3 is 2.75 bits per heavy atom. The summed E-state index contributed by atoms with van der Waals surface area (Å²) < 4.78 is 0. The first-order chi connectivity index (χ1) is 9.78. The van der Waals surface area contributed by atoms with E-state index in [1.807, 2.05) is 12.1 Å². The first-order valence-corrected chi connectivity index (χ1v) is 7.07. The minimum Gasteiger partial charge on any atom is -0.359 e. The first kappa shape index (κ1) is 14.4. The standard InChI is InChI=1S/C13H13N5S2/c1-2-6-14-12(19)18-10-4-5-11(17-9-10)20-13-15-7-3-8-16-13/h2-5,7-9H,1,6H2,(H2,14,18,19). The fourth-order valence-electron chi connectivity index (χ4n) is 1.29. The molecule has 0 fully saturated rings. The third kappa shape index (κ3) is 4.60. The molecule has 0 aliphatic rings. The minimum atomic E-state index is 0.540. The van der Waals surface area contributed by atoms with E-state index in [2.05, 4.69) is 32.2 Å². The molecule has 0 saturated heterocycles. The molecule has 2 rings (SSSR count). The number of hydrogen-bond donors (Lipinski definition) is 2. The van der Waals surface area contributed by atoms with Crippen LogP contribution >= 0.6 is 24.0 Å². The van der Waals surface area contributed by atoms with Gasteiger partial charge in [-0.2, -0.15) is 0 Å². The number of thiocarbonyl (C=S) groups is 1. The lowest BCUT2D eigenvalue weighted by Crippen LogP contribution is -2.28. The van der Waals surface area contributed by atoms with E-state index in [1.54, 1.807) is 30.7 Å². The highest BCUT2D eigenvalue weighted by molar-refractivity contribution is 7.99. The van der Waals surface area contributed by atoms with Gasteiger partial charge in [0.1, 0.15) is 5.03 Å². The van der Waals surface area contributed by atoms with Crippen molar-refractivity contribution < 1.29 is 0 Å². The van der Waals surface area contributed by atoms with Gasteiger partial charge < -0.3 is 10.6 Å². The third-order valence-corrected chi connectivity index (χ3v) is 3.23. The zero-order valence-electron chi connectivity index (χ0n) is 10.6. The highest BCUT2D eigenvalue weighted by atomic mass is 32.2. The van der Waals surface area contributed by atoms with Crippen LogP contribution in [0.5, 0.6) is 0 Å². The third-order valence-electron chi connectivity index (χ3n) is 2.14. The highest BCUT2D eigenvalue weighted by Gasteiger charge is 2.02. The van der Waals surface area contributed by atoms with E-state index < -0.39 is 0 Å². The van der Waals surface area contributed by atoms with E-state index in [4.69, 9.17) is 12.2 Å². The summed E-state index contributed by atoms with van der Waals surface area (Å²) in [6.07, 6.45) is 6.86. The maximum Gasteiger partial charge on any atom is 0.193 e. The second kappa shape index (κ2) is 7.56. The summed E-state index contributed by atoms with van der Waals surface area (Å²) in [5.74, 6) is 0. The molecule has 0 unspecified atom stereocenters.